The molecule has 5 nitrogen and oxygen atoms in total. The van der Waals surface area contributed by atoms with Gasteiger partial charge in [-0.3, -0.25) is 9.78 Å². The molecule has 0 radical (unpaired) electrons. The number of ether oxygens (including phenoxy) is 1. The van der Waals surface area contributed by atoms with Crippen LogP contribution in [0.25, 0.3) is 0 Å². The molecule has 1 N–H and O–H groups in total. The van der Waals surface area contributed by atoms with Crippen LogP contribution in [0.3, 0.4) is 0 Å². The number of rotatable bonds is 3. The summed E-state index contributed by atoms with van der Waals surface area (Å²) in [5, 5.41) is 3.34. The zero-order chi connectivity index (χ0) is 18.7. The van der Waals surface area contributed by atoms with Crippen LogP contribution < -0.4 is 10.1 Å². The lowest BCUT2D eigenvalue weighted by molar-refractivity contribution is -0.141. The highest BCUT2D eigenvalue weighted by Gasteiger charge is 2.33. The fourth-order valence-electron chi connectivity index (χ4n) is 2.89. The number of hydrogen-bond donors (Lipinski definition) is 1. The summed E-state index contributed by atoms with van der Waals surface area (Å²) >= 11 is 0. The van der Waals surface area contributed by atoms with Crippen LogP contribution in [0.15, 0.2) is 42.6 Å². The number of nitrogens with one attached hydrogen (secondary N) is 1. The van der Waals surface area contributed by atoms with Gasteiger partial charge in [0.25, 0.3) is 5.91 Å². The molecule has 26 heavy (non-hydrogen) atoms. The van der Waals surface area contributed by atoms with E-state index in [0.717, 1.165) is 23.6 Å². The number of carbonyl (C=O) groups excluding carboxylic acids is 1. The molecule has 1 aliphatic rings. The molecule has 0 bridgehead atoms. The number of nitrogens with zero attached hydrogens (tertiary/aromatic N) is 2. The van der Waals surface area contributed by atoms with Gasteiger partial charge >= 0.3 is 6.18 Å². The standard InChI is InChI=1S/C18H18F3N3O2/c1-26-14-4-2-3-12(9-14)15-11-24(8-7-22-15)17(25)13-5-6-16(23-10-13)18(19,20)21/h2-6,9-10,15,22H,7-8,11H2,1H3. The number of alkyl halides is 3. The normalized spacial score (nSPS) is 17.8. The van der Waals surface area contributed by atoms with Gasteiger partial charge in [-0.1, -0.05) is 12.1 Å². The third kappa shape index (κ3) is 3.96. The maximum absolute atomic E-state index is 12.6. The van der Waals surface area contributed by atoms with Gasteiger partial charge in [0, 0.05) is 25.8 Å². The minimum Gasteiger partial charge on any atom is -0.497 e. The molecule has 1 unspecified atom stereocenters. The average molecular weight is 365 g/mol. The topological polar surface area (TPSA) is 54.5 Å². The van der Waals surface area contributed by atoms with Gasteiger partial charge in [-0.25, -0.2) is 0 Å². The molecule has 1 fully saturated rings. The number of piperazine rings is 1. The van der Waals surface area contributed by atoms with Crippen molar-refractivity contribution in [2.45, 2.75) is 12.2 Å². The van der Waals surface area contributed by atoms with E-state index in [-0.39, 0.29) is 17.5 Å². The molecule has 3 rings (SSSR count). The summed E-state index contributed by atoms with van der Waals surface area (Å²) in [5.74, 6) is 0.389. The summed E-state index contributed by atoms with van der Waals surface area (Å²) in [5.41, 5.74) is 0.111. The van der Waals surface area contributed by atoms with Crippen molar-refractivity contribution in [3.63, 3.8) is 0 Å². The van der Waals surface area contributed by atoms with E-state index in [1.54, 1.807) is 12.0 Å². The van der Waals surface area contributed by atoms with Crippen LogP contribution in [-0.2, 0) is 6.18 Å². The van der Waals surface area contributed by atoms with E-state index in [4.69, 9.17) is 4.74 Å². The molecule has 0 spiro atoms. The molecule has 2 aromatic rings. The third-order valence-electron chi connectivity index (χ3n) is 4.26. The van der Waals surface area contributed by atoms with Gasteiger partial charge in [-0.05, 0) is 29.8 Å². The van der Waals surface area contributed by atoms with Gasteiger partial charge in [0.1, 0.15) is 11.4 Å². The van der Waals surface area contributed by atoms with E-state index in [2.05, 4.69) is 10.3 Å². The first-order valence-electron chi connectivity index (χ1n) is 8.08. The fourth-order valence-corrected chi connectivity index (χ4v) is 2.89. The zero-order valence-electron chi connectivity index (χ0n) is 14.1. The second-order valence-corrected chi connectivity index (χ2v) is 5.96. The Bertz CT molecular complexity index is 778. The molecule has 1 amide bonds. The lowest BCUT2D eigenvalue weighted by Crippen LogP contribution is -2.48. The van der Waals surface area contributed by atoms with E-state index >= 15 is 0 Å². The van der Waals surface area contributed by atoms with Crippen molar-refractivity contribution < 1.29 is 22.7 Å². The highest BCUT2D eigenvalue weighted by atomic mass is 19.4. The van der Waals surface area contributed by atoms with E-state index in [0.29, 0.717) is 19.6 Å². The number of halogens is 3. The predicted molar refractivity (Wildman–Crippen MR) is 88.9 cm³/mol. The van der Waals surface area contributed by atoms with E-state index in [1.807, 2.05) is 24.3 Å². The molecule has 0 saturated carbocycles. The second-order valence-electron chi connectivity index (χ2n) is 5.96. The van der Waals surface area contributed by atoms with E-state index in [1.165, 1.54) is 6.07 Å². The number of amides is 1. The zero-order valence-corrected chi connectivity index (χ0v) is 14.1. The molecule has 1 aliphatic heterocycles. The number of methoxy groups -OCH3 is 1. The molecular weight excluding hydrogens is 347 g/mol. The maximum atomic E-state index is 12.6. The van der Waals surface area contributed by atoms with Gasteiger partial charge in [-0.2, -0.15) is 13.2 Å². The first-order chi connectivity index (χ1) is 12.4. The van der Waals surface area contributed by atoms with E-state index < -0.39 is 11.9 Å². The maximum Gasteiger partial charge on any atom is 0.433 e. The highest BCUT2D eigenvalue weighted by molar-refractivity contribution is 5.94. The van der Waals surface area contributed by atoms with Crippen molar-refractivity contribution in [1.82, 2.24) is 15.2 Å². The molecular formula is C18H18F3N3O2. The summed E-state index contributed by atoms with van der Waals surface area (Å²) in [4.78, 5) is 17.6. The van der Waals surface area contributed by atoms with Gasteiger partial charge in [0.2, 0.25) is 0 Å². The van der Waals surface area contributed by atoms with Crippen LogP contribution in [0.5, 0.6) is 5.75 Å². The van der Waals surface area contributed by atoms with Crippen LogP contribution in [0.4, 0.5) is 13.2 Å². The van der Waals surface area contributed by atoms with Gasteiger partial charge in [0.05, 0.1) is 18.7 Å². The van der Waals surface area contributed by atoms with Crippen LogP contribution in [0.1, 0.15) is 27.7 Å². The number of aromatic nitrogens is 1. The lowest BCUT2D eigenvalue weighted by Gasteiger charge is -2.34. The number of benzene rings is 1. The minimum absolute atomic E-state index is 0.0785. The Morgan fingerprint density at radius 1 is 1.31 bits per heavy atom. The number of pyridine rings is 1. The van der Waals surface area contributed by atoms with Crippen LogP contribution in [0.2, 0.25) is 0 Å². The number of carbonyl (C=O) groups is 1. The summed E-state index contributed by atoms with van der Waals surface area (Å²) in [6.07, 6.45) is -3.54. The van der Waals surface area contributed by atoms with Crippen molar-refractivity contribution in [2.24, 2.45) is 0 Å². The van der Waals surface area contributed by atoms with Crippen molar-refractivity contribution in [3.8, 4) is 5.75 Å². The summed E-state index contributed by atoms with van der Waals surface area (Å²) in [6.45, 7) is 1.47. The first-order valence-corrected chi connectivity index (χ1v) is 8.08. The molecule has 1 aromatic carbocycles. The molecule has 1 atom stereocenters. The summed E-state index contributed by atoms with van der Waals surface area (Å²) in [7, 11) is 1.58. The fraction of sp³-hybridized carbons (Fsp3) is 0.333. The lowest BCUT2D eigenvalue weighted by atomic mass is 10.0. The SMILES string of the molecule is COc1cccc(C2CN(C(=O)c3ccc(C(F)(F)F)nc3)CCN2)c1. The van der Waals surface area contributed by atoms with Crippen molar-refractivity contribution in [2.75, 3.05) is 26.7 Å². The monoisotopic (exact) mass is 365 g/mol. The summed E-state index contributed by atoms with van der Waals surface area (Å²) in [6, 6.07) is 9.46. The Morgan fingerprint density at radius 3 is 2.77 bits per heavy atom. The van der Waals surface area contributed by atoms with E-state index in [9.17, 15) is 18.0 Å². The Hall–Kier alpha value is -2.61. The summed E-state index contributed by atoms with van der Waals surface area (Å²) < 4.78 is 43.0. The second kappa shape index (κ2) is 7.33. The van der Waals surface area contributed by atoms with Crippen LogP contribution in [0, 0.1) is 0 Å². The van der Waals surface area contributed by atoms with Crippen molar-refractivity contribution in [1.29, 1.82) is 0 Å². The van der Waals surface area contributed by atoms with Gasteiger partial charge in [-0.15, -0.1) is 0 Å². The number of hydrogen-bond acceptors (Lipinski definition) is 4. The molecule has 1 saturated heterocycles. The first kappa shape index (κ1) is 18.2. The Labute approximate surface area is 148 Å². The van der Waals surface area contributed by atoms with Crippen LogP contribution >= 0.6 is 0 Å². The van der Waals surface area contributed by atoms with Gasteiger partial charge in [0.15, 0.2) is 0 Å². The van der Waals surface area contributed by atoms with Crippen LogP contribution in [-0.4, -0.2) is 42.5 Å². The Kier molecular flexibility index (Phi) is 5.13. The Morgan fingerprint density at radius 2 is 2.12 bits per heavy atom. The third-order valence-corrected chi connectivity index (χ3v) is 4.26. The minimum atomic E-state index is -4.52. The molecule has 0 aliphatic carbocycles. The average Bonchev–Trinajstić information content (AvgIpc) is 2.67. The smallest absolute Gasteiger partial charge is 0.433 e. The van der Waals surface area contributed by atoms with Crippen molar-refractivity contribution in [3.05, 3.63) is 59.4 Å². The highest BCUT2D eigenvalue weighted by Crippen LogP contribution is 2.27. The van der Waals surface area contributed by atoms with Gasteiger partial charge < -0.3 is 15.0 Å². The largest absolute Gasteiger partial charge is 0.497 e. The molecule has 138 valence electrons. The molecule has 8 heteroatoms. The predicted octanol–water partition coefficient (Wildman–Crippen LogP) is 2.90. The quantitative estimate of drug-likeness (QED) is 0.909. The Balaban J connectivity index is 1.73. The molecule has 1 aromatic heterocycles. The van der Waals surface area contributed by atoms with Crippen molar-refractivity contribution >= 4 is 5.91 Å². The molecule has 2 heterocycles.